The highest BCUT2D eigenvalue weighted by molar-refractivity contribution is 6.00. The number of nitrogens with one attached hydrogen (secondary N) is 3. The van der Waals surface area contributed by atoms with Crippen LogP contribution < -0.4 is 16.0 Å². The first-order chi connectivity index (χ1) is 51.0. The van der Waals surface area contributed by atoms with Crippen molar-refractivity contribution >= 4 is 77.0 Å². The molecule has 27 nitrogen and oxygen atoms in total. The van der Waals surface area contributed by atoms with Gasteiger partial charge in [0.1, 0.15) is 66.6 Å². The molecule has 12 amide bonds. The van der Waals surface area contributed by atoms with E-state index in [1.54, 1.807) is 46.4 Å². The van der Waals surface area contributed by atoms with E-state index < -0.39 is 162 Å². The third-order valence-electron chi connectivity index (χ3n) is 22.0. The Kier molecular flexibility index (Phi) is 33.7. The Morgan fingerprint density at radius 3 is 1.73 bits per heavy atom. The highest BCUT2D eigenvalue weighted by Gasteiger charge is 2.51. The number of ether oxygens (including phenoxy) is 2. The van der Waals surface area contributed by atoms with E-state index in [0.717, 1.165) is 49.7 Å². The Hall–Kier alpha value is -8.65. The highest BCUT2D eigenvalue weighted by atomic mass is 16.6. The molecule has 0 bridgehead atoms. The molecule has 2 aromatic carbocycles. The molecule has 0 radical (unpaired) electrons. The number of hydrogen-bond acceptors (Lipinski definition) is 15. The predicted octanol–water partition coefficient (Wildman–Crippen LogP) is 6.97. The van der Waals surface area contributed by atoms with Gasteiger partial charge < -0.3 is 69.5 Å². The number of hydrogen-bond donors (Lipinski definition) is 3. The fourth-order valence-electron chi connectivity index (χ4n) is 15.3. The zero-order valence-electron chi connectivity index (χ0n) is 67.4. The molecule has 27 heteroatoms. The monoisotopic (exact) mass is 1510 g/mol. The van der Waals surface area contributed by atoms with E-state index >= 15 is 19.2 Å². The average molecular weight is 1510 g/mol. The molecule has 8 atom stereocenters. The Bertz CT molecular complexity index is 3390. The van der Waals surface area contributed by atoms with Gasteiger partial charge in [-0.1, -0.05) is 154 Å². The summed E-state index contributed by atoms with van der Waals surface area (Å²) in [7, 11) is 10.2. The van der Waals surface area contributed by atoms with Crippen molar-refractivity contribution in [1.29, 1.82) is 0 Å². The summed E-state index contributed by atoms with van der Waals surface area (Å²) in [4.78, 5) is 200. The average Bonchev–Trinajstić information content (AvgIpc) is 1.55. The normalized spacial score (nSPS) is 17.9. The van der Waals surface area contributed by atoms with E-state index in [1.165, 1.54) is 88.5 Å². The van der Waals surface area contributed by atoms with Crippen LogP contribution >= 0.6 is 0 Å². The number of alkyl carbamates (subject to hydrolysis) is 1. The van der Waals surface area contributed by atoms with E-state index in [2.05, 4.69) is 16.0 Å². The summed E-state index contributed by atoms with van der Waals surface area (Å²) in [6.45, 7) is 15.8. The van der Waals surface area contributed by atoms with E-state index in [1.807, 2.05) is 81.4 Å². The summed E-state index contributed by atoms with van der Waals surface area (Å²) in [6, 6.07) is 10.7. The first-order valence-electron chi connectivity index (χ1n) is 39.2. The van der Waals surface area contributed by atoms with Crippen LogP contribution in [0.25, 0.3) is 0 Å². The predicted molar refractivity (Wildman–Crippen MR) is 409 cm³/mol. The Morgan fingerprint density at radius 2 is 1.15 bits per heavy atom. The minimum atomic E-state index is -1.48. The minimum Gasteiger partial charge on any atom is -0.459 e. The lowest BCUT2D eigenvalue weighted by Crippen LogP contribution is -2.65. The Labute approximate surface area is 640 Å². The van der Waals surface area contributed by atoms with Crippen molar-refractivity contribution in [2.75, 3.05) is 88.6 Å². The number of likely N-dealkylation sites (tertiary alicyclic amines) is 2. The molecule has 2 aliphatic carbocycles. The molecule has 0 spiro atoms. The summed E-state index contributed by atoms with van der Waals surface area (Å²) in [5, 5.41) is 8.80. The fraction of sp³-hybridized carbons (Fsp3) is 0.691. The number of carbonyl (C=O) groups is 13. The van der Waals surface area contributed by atoms with Crippen LogP contribution in [0.4, 0.5) is 4.79 Å². The molecule has 600 valence electrons. The number of likely N-dealkylation sites (N-methyl/N-ethyl adjacent to an activating group) is 7. The molecule has 0 aromatic heterocycles. The molecule has 2 aliphatic heterocycles. The van der Waals surface area contributed by atoms with Gasteiger partial charge in [-0.05, 0) is 126 Å². The van der Waals surface area contributed by atoms with E-state index in [0.29, 0.717) is 70.9 Å². The van der Waals surface area contributed by atoms with Crippen LogP contribution in [0.15, 0.2) is 60.7 Å². The quantitative estimate of drug-likeness (QED) is 0.0587. The minimum absolute atomic E-state index is 0.0225. The summed E-state index contributed by atoms with van der Waals surface area (Å²) in [5.41, 5.74) is -0.548. The number of aryl methyl sites for hydroxylation is 1. The summed E-state index contributed by atoms with van der Waals surface area (Å²) >= 11 is 0. The van der Waals surface area contributed by atoms with Crippen LogP contribution in [0.2, 0.25) is 0 Å². The zero-order valence-corrected chi connectivity index (χ0v) is 67.4. The van der Waals surface area contributed by atoms with Crippen molar-refractivity contribution in [2.45, 2.75) is 251 Å². The second-order valence-corrected chi connectivity index (χ2v) is 32.4. The van der Waals surface area contributed by atoms with Gasteiger partial charge in [0, 0.05) is 69.0 Å². The molecule has 0 unspecified atom stereocenters. The van der Waals surface area contributed by atoms with Crippen LogP contribution in [0.5, 0.6) is 0 Å². The number of benzene rings is 2. The number of carbonyl (C=O) groups excluding carboxylic acids is 13. The van der Waals surface area contributed by atoms with Gasteiger partial charge in [-0.2, -0.15) is 0 Å². The van der Waals surface area contributed by atoms with Crippen LogP contribution in [0.1, 0.15) is 195 Å². The number of nitrogens with zero attached hydrogens (tertiary/aromatic N) is 9. The van der Waals surface area contributed by atoms with Crippen LogP contribution in [0.3, 0.4) is 0 Å². The van der Waals surface area contributed by atoms with Crippen molar-refractivity contribution < 1.29 is 71.8 Å². The zero-order chi connectivity index (χ0) is 79.9. The smallest absolute Gasteiger partial charge is 0.408 e. The molecule has 2 saturated carbocycles. The van der Waals surface area contributed by atoms with Gasteiger partial charge in [-0.3, -0.25) is 57.5 Å². The van der Waals surface area contributed by atoms with E-state index in [9.17, 15) is 43.2 Å². The molecular weight excluding hydrogens is 1380 g/mol. The molecule has 2 saturated heterocycles. The van der Waals surface area contributed by atoms with Crippen LogP contribution in [0, 0.1) is 23.7 Å². The lowest BCUT2D eigenvalue weighted by molar-refractivity contribution is -0.159. The second kappa shape index (κ2) is 41.2. The van der Waals surface area contributed by atoms with Gasteiger partial charge >= 0.3 is 12.1 Å². The molecule has 3 N–H and O–H groups in total. The van der Waals surface area contributed by atoms with Gasteiger partial charge in [-0.25, -0.2) is 4.79 Å². The van der Waals surface area contributed by atoms with Gasteiger partial charge in [0.15, 0.2) is 0 Å². The Balaban J connectivity index is 1.16. The molecule has 4 aliphatic rings. The first-order valence-corrected chi connectivity index (χ1v) is 39.2. The fourth-order valence-corrected chi connectivity index (χ4v) is 15.3. The third-order valence-corrected chi connectivity index (χ3v) is 22.0. The maximum Gasteiger partial charge on any atom is 0.408 e. The highest BCUT2D eigenvalue weighted by Crippen LogP contribution is 2.35. The third kappa shape index (κ3) is 24.9. The van der Waals surface area contributed by atoms with Crippen LogP contribution in [-0.4, -0.2) is 263 Å². The standard InChI is InChI=1S/C81H126N12O15/c1-17-56(6)69(76(103)86(11)50-66(95)85(10)51-67(96)89(14)63(48-58-35-24-19-25-36-58)74(101)87(12)52-68(97)108-80(7,8)9)83-71(98)62(47-54(2)3)88(13)65(94)49-64(75(102)92-44-30-21-31-45-92)90(15)77(104)70(55(4)5)91(16)78(105)81(42-28-29-43-81)84-72(99)61-39-32-46-93(61)73(100)60(41-40-57-33-22-18-23-34-57)82-79(106)107-53-59-37-26-20-27-38-59/h18,20,22-23,26-27,33-34,37-38,54-56,58,60-64,69-70H,17,19,21,24-25,28-32,35-36,39-53H2,1-16H3,(H,82,106)(H,83,98)(H,84,99)/t56-,60-,61-,62-,63-,64-,69-,70-/m0/s1. The van der Waals surface area contributed by atoms with Crippen molar-refractivity contribution in [3.63, 3.8) is 0 Å². The Morgan fingerprint density at radius 1 is 0.574 bits per heavy atom. The topological polar surface area (TPSA) is 306 Å². The summed E-state index contributed by atoms with van der Waals surface area (Å²) in [5.74, 6) is -7.82. The molecule has 6 rings (SSSR count). The van der Waals surface area contributed by atoms with Crippen molar-refractivity contribution in [3.05, 3.63) is 71.8 Å². The van der Waals surface area contributed by atoms with Crippen molar-refractivity contribution in [2.24, 2.45) is 23.7 Å². The maximum atomic E-state index is 15.5. The number of piperidine rings is 1. The molecule has 4 fully saturated rings. The van der Waals surface area contributed by atoms with E-state index in [4.69, 9.17) is 9.47 Å². The molecular formula is C81H126N12O15. The number of rotatable bonds is 35. The lowest BCUT2D eigenvalue weighted by atomic mass is 9.84. The maximum absolute atomic E-state index is 15.5. The molecule has 2 aromatic rings. The first kappa shape index (κ1) is 88.3. The lowest BCUT2D eigenvalue weighted by Gasteiger charge is -2.42. The van der Waals surface area contributed by atoms with Crippen molar-refractivity contribution in [3.8, 4) is 0 Å². The summed E-state index contributed by atoms with van der Waals surface area (Å²) < 4.78 is 11.0. The second-order valence-electron chi connectivity index (χ2n) is 32.4. The largest absolute Gasteiger partial charge is 0.459 e. The van der Waals surface area contributed by atoms with E-state index in [-0.39, 0.29) is 57.2 Å². The van der Waals surface area contributed by atoms with Gasteiger partial charge in [0.05, 0.1) is 19.5 Å². The van der Waals surface area contributed by atoms with Gasteiger partial charge in [-0.15, -0.1) is 0 Å². The SMILES string of the molecule is CC[C@H](C)[C@H](NC(=O)[C@H](CC(C)C)N(C)C(=O)C[C@@H](C(=O)N1CCCCC1)N(C)C(=O)[C@H](C(C)C)N(C)C(=O)C1(NC(=O)[C@@H]2CCCN2C(=O)[C@H](CCc2ccccc2)NC(=O)OCc2ccccc2)CCCC1)C(=O)N(C)CC(=O)N(C)CC(=O)N(C)[C@@H](CC1CCCCC1)C(=O)N(C)CC(=O)OC(C)(C)C. The molecule has 2 heterocycles. The number of esters is 1. The summed E-state index contributed by atoms with van der Waals surface area (Å²) in [6.07, 6.45) is 9.73. The van der Waals surface area contributed by atoms with Crippen molar-refractivity contribution in [1.82, 2.24) is 60.0 Å². The number of amides is 12. The van der Waals surface area contributed by atoms with Gasteiger partial charge in [0.25, 0.3) is 0 Å². The van der Waals surface area contributed by atoms with Crippen LogP contribution in [-0.2, 0) is 80.0 Å². The van der Waals surface area contributed by atoms with Gasteiger partial charge in [0.2, 0.25) is 65.0 Å². The molecule has 108 heavy (non-hydrogen) atoms.